The van der Waals surface area contributed by atoms with Crippen molar-refractivity contribution in [1.29, 1.82) is 0 Å². The quantitative estimate of drug-likeness (QED) is 0.557. The summed E-state index contributed by atoms with van der Waals surface area (Å²) in [5, 5.41) is 3.03. The molecule has 3 aromatic rings. The van der Waals surface area contributed by atoms with Gasteiger partial charge in [0.15, 0.2) is 0 Å². The highest BCUT2D eigenvalue weighted by Gasteiger charge is 2.38. The Morgan fingerprint density at radius 3 is 2.10 bits per heavy atom. The molecule has 0 saturated heterocycles. The summed E-state index contributed by atoms with van der Waals surface area (Å²) in [5.41, 5.74) is 1.81. The highest BCUT2D eigenvalue weighted by Crippen LogP contribution is 2.35. The average molecular weight is 418 g/mol. The summed E-state index contributed by atoms with van der Waals surface area (Å²) < 4.78 is 13.3. The van der Waals surface area contributed by atoms with Crippen LogP contribution in [0.2, 0.25) is 0 Å². The molecule has 0 radical (unpaired) electrons. The Hall–Kier alpha value is -3.38. The number of nitrogens with one attached hydrogen (secondary N) is 1. The van der Waals surface area contributed by atoms with Crippen LogP contribution in [0.25, 0.3) is 0 Å². The van der Waals surface area contributed by atoms with Crippen molar-refractivity contribution in [2.45, 2.75) is 11.3 Å². The summed E-state index contributed by atoms with van der Waals surface area (Å²) in [4.78, 5) is 28.7. The third-order valence-corrected chi connectivity index (χ3v) is 5.76. The molecule has 4 nitrogen and oxygen atoms in total. The van der Waals surface area contributed by atoms with Crippen molar-refractivity contribution < 1.29 is 14.0 Å². The number of carbonyl (C=O) groups excluding carboxylic acids is 2. The second-order valence-corrected chi connectivity index (χ2v) is 7.83. The predicted octanol–water partition coefficient (Wildman–Crippen LogP) is 4.85. The molecule has 0 unspecified atom stereocenters. The fourth-order valence-electron chi connectivity index (χ4n) is 3.13. The van der Waals surface area contributed by atoms with Gasteiger partial charge < -0.3 is 5.32 Å². The van der Waals surface area contributed by atoms with Crippen molar-refractivity contribution in [2.75, 3.05) is 11.9 Å². The highest BCUT2D eigenvalue weighted by molar-refractivity contribution is 8.04. The fraction of sp³-hybridized carbons (Fsp3) is 0.0833. The maximum Gasteiger partial charge on any atom is 0.278 e. The number of halogens is 1. The largest absolute Gasteiger partial charge is 0.350 e. The Kier molecular flexibility index (Phi) is 5.95. The summed E-state index contributed by atoms with van der Waals surface area (Å²) in [5.74, 6) is -1.07. The monoisotopic (exact) mass is 418 g/mol. The number of hydrogen-bond acceptors (Lipinski definition) is 4. The van der Waals surface area contributed by atoms with Crippen molar-refractivity contribution in [3.8, 4) is 0 Å². The Morgan fingerprint density at radius 2 is 1.43 bits per heavy atom. The zero-order valence-electron chi connectivity index (χ0n) is 16.0. The molecule has 150 valence electrons. The topological polar surface area (TPSA) is 49.4 Å². The number of amides is 2. The molecule has 0 atom stereocenters. The molecule has 0 spiro atoms. The van der Waals surface area contributed by atoms with Crippen molar-refractivity contribution in [3.63, 3.8) is 0 Å². The van der Waals surface area contributed by atoms with Gasteiger partial charge in [-0.05, 0) is 48.4 Å². The van der Waals surface area contributed by atoms with Crippen LogP contribution in [0.5, 0.6) is 0 Å². The summed E-state index contributed by atoms with van der Waals surface area (Å²) in [6.07, 6.45) is 0.575. The Balaban J connectivity index is 1.60. The third-order valence-electron chi connectivity index (χ3n) is 4.67. The number of imide groups is 1. The molecule has 2 amide bonds. The van der Waals surface area contributed by atoms with Crippen LogP contribution in [0.1, 0.15) is 5.56 Å². The zero-order valence-corrected chi connectivity index (χ0v) is 16.9. The average Bonchev–Trinajstić information content (AvgIpc) is 2.99. The van der Waals surface area contributed by atoms with E-state index in [0.29, 0.717) is 17.0 Å². The van der Waals surface area contributed by atoms with E-state index in [-0.39, 0.29) is 29.9 Å². The van der Waals surface area contributed by atoms with Gasteiger partial charge in [-0.15, -0.1) is 0 Å². The van der Waals surface area contributed by atoms with Crippen molar-refractivity contribution >= 4 is 29.3 Å². The van der Waals surface area contributed by atoms with Gasteiger partial charge in [-0.2, -0.15) is 0 Å². The van der Waals surface area contributed by atoms with Crippen LogP contribution >= 0.6 is 11.8 Å². The fourth-order valence-corrected chi connectivity index (χ4v) is 4.10. The van der Waals surface area contributed by atoms with Crippen molar-refractivity contribution in [3.05, 3.63) is 107 Å². The van der Waals surface area contributed by atoms with Gasteiger partial charge in [0.1, 0.15) is 16.4 Å². The van der Waals surface area contributed by atoms with Gasteiger partial charge in [0.05, 0.1) is 0 Å². The molecule has 0 fully saturated rings. The lowest BCUT2D eigenvalue weighted by molar-refractivity contribution is -0.137. The van der Waals surface area contributed by atoms with Crippen LogP contribution in [0.3, 0.4) is 0 Å². The van der Waals surface area contributed by atoms with Crippen LogP contribution < -0.4 is 5.32 Å². The van der Waals surface area contributed by atoms with E-state index in [1.54, 1.807) is 0 Å². The molecular weight excluding hydrogens is 399 g/mol. The van der Waals surface area contributed by atoms with E-state index < -0.39 is 0 Å². The van der Waals surface area contributed by atoms with Crippen LogP contribution in [-0.4, -0.2) is 23.3 Å². The number of anilines is 1. The minimum absolute atomic E-state index is 0.216. The molecule has 3 aromatic carbocycles. The molecule has 4 rings (SSSR count). The molecule has 30 heavy (non-hydrogen) atoms. The first-order valence-electron chi connectivity index (χ1n) is 9.52. The predicted molar refractivity (Wildman–Crippen MR) is 116 cm³/mol. The smallest absolute Gasteiger partial charge is 0.278 e. The number of carbonyl (C=O) groups is 2. The maximum atomic E-state index is 13.3. The van der Waals surface area contributed by atoms with Crippen molar-refractivity contribution in [2.24, 2.45) is 0 Å². The van der Waals surface area contributed by atoms with E-state index in [2.05, 4.69) is 5.32 Å². The molecule has 1 N–H and O–H groups in total. The SMILES string of the molecule is O=C1C(Nc2ccc(F)cc2)=C(Sc2ccccc2)C(=O)N1CCc1ccccc1. The Bertz CT molecular complexity index is 1080. The van der Waals surface area contributed by atoms with E-state index in [9.17, 15) is 14.0 Å². The summed E-state index contributed by atoms with van der Waals surface area (Å²) >= 11 is 1.25. The molecule has 1 aliphatic heterocycles. The molecule has 0 saturated carbocycles. The summed E-state index contributed by atoms with van der Waals surface area (Å²) in [6.45, 7) is 0.287. The minimum Gasteiger partial charge on any atom is -0.350 e. The number of benzene rings is 3. The zero-order chi connectivity index (χ0) is 20.9. The maximum absolute atomic E-state index is 13.3. The van der Waals surface area contributed by atoms with Crippen LogP contribution in [0.15, 0.2) is 100 Å². The van der Waals surface area contributed by atoms with E-state index in [1.807, 2.05) is 60.7 Å². The number of thioether (sulfide) groups is 1. The second kappa shape index (κ2) is 8.97. The lowest BCUT2D eigenvalue weighted by atomic mass is 10.1. The van der Waals surface area contributed by atoms with Gasteiger partial charge in [-0.3, -0.25) is 14.5 Å². The van der Waals surface area contributed by atoms with Gasteiger partial charge in [0, 0.05) is 17.1 Å². The molecular formula is C24H19FN2O2S. The highest BCUT2D eigenvalue weighted by atomic mass is 32.2. The van der Waals surface area contributed by atoms with E-state index in [0.717, 1.165) is 10.5 Å². The molecule has 6 heteroatoms. The normalized spacial score (nSPS) is 13.8. The lowest BCUT2D eigenvalue weighted by Gasteiger charge is -2.15. The van der Waals surface area contributed by atoms with E-state index in [4.69, 9.17) is 0 Å². The summed E-state index contributed by atoms with van der Waals surface area (Å²) in [7, 11) is 0. The van der Waals surface area contributed by atoms with Crippen LogP contribution in [0.4, 0.5) is 10.1 Å². The number of rotatable bonds is 7. The third kappa shape index (κ3) is 4.44. The number of nitrogens with zero attached hydrogens (tertiary/aromatic N) is 1. The summed E-state index contributed by atoms with van der Waals surface area (Å²) in [6, 6.07) is 24.8. The van der Waals surface area contributed by atoms with E-state index >= 15 is 0 Å². The first-order valence-corrected chi connectivity index (χ1v) is 10.3. The number of hydrogen-bond donors (Lipinski definition) is 1. The van der Waals surface area contributed by atoms with Gasteiger partial charge in [0.25, 0.3) is 11.8 Å². The molecule has 1 aliphatic rings. The van der Waals surface area contributed by atoms with Gasteiger partial charge >= 0.3 is 0 Å². The first-order chi connectivity index (χ1) is 14.6. The standard InChI is InChI=1S/C24H19FN2O2S/c25-18-11-13-19(14-12-18)26-21-22(30-20-9-5-2-6-10-20)24(29)27(23(21)28)16-15-17-7-3-1-4-8-17/h1-14,26H,15-16H2. The molecule has 0 bridgehead atoms. The van der Waals surface area contributed by atoms with E-state index in [1.165, 1.54) is 40.9 Å². The minimum atomic E-state index is -0.376. The molecule has 0 aromatic heterocycles. The molecule has 1 heterocycles. The first kappa shape index (κ1) is 19.9. The van der Waals surface area contributed by atoms with Gasteiger partial charge in [-0.25, -0.2) is 4.39 Å². The Morgan fingerprint density at radius 1 is 0.800 bits per heavy atom. The molecule has 0 aliphatic carbocycles. The van der Waals surface area contributed by atoms with Crippen LogP contribution in [0, 0.1) is 5.82 Å². The Labute approximate surface area is 178 Å². The lowest BCUT2D eigenvalue weighted by Crippen LogP contribution is -2.34. The van der Waals surface area contributed by atoms with Crippen molar-refractivity contribution in [1.82, 2.24) is 4.90 Å². The second-order valence-electron chi connectivity index (χ2n) is 6.75. The van der Waals surface area contributed by atoms with Gasteiger partial charge in [0.2, 0.25) is 0 Å². The van der Waals surface area contributed by atoms with Gasteiger partial charge in [-0.1, -0.05) is 60.3 Å². The van der Waals surface area contributed by atoms with Crippen LogP contribution in [-0.2, 0) is 16.0 Å².